The molecule has 6 nitrogen and oxygen atoms in total. The molecule has 1 atom stereocenters. The number of ether oxygens (including phenoxy) is 1. The maximum atomic E-state index is 12.2. The SMILES string of the molecule is CCC[C@@H](C)CC(=O)NS(=O)(=O)c1ccsc1C(=O)OC. The zero-order chi connectivity index (χ0) is 16.0. The van der Waals surface area contributed by atoms with Gasteiger partial charge in [-0.15, -0.1) is 11.3 Å². The van der Waals surface area contributed by atoms with E-state index in [0.717, 1.165) is 24.2 Å². The van der Waals surface area contributed by atoms with Crippen molar-refractivity contribution in [2.24, 2.45) is 5.92 Å². The average molecular weight is 333 g/mol. The number of carbonyl (C=O) groups excluding carboxylic acids is 2. The molecule has 8 heteroatoms. The molecule has 0 aromatic carbocycles. The van der Waals surface area contributed by atoms with Crippen molar-refractivity contribution >= 4 is 33.2 Å². The van der Waals surface area contributed by atoms with Gasteiger partial charge in [-0.05, 0) is 17.4 Å². The van der Waals surface area contributed by atoms with Crippen LogP contribution in [0.4, 0.5) is 0 Å². The van der Waals surface area contributed by atoms with Crippen LogP contribution in [-0.4, -0.2) is 27.4 Å². The molecule has 0 spiro atoms. The normalized spacial score (nSPS) is 12.7. The quantitative estimate of drug-likeness (QED) is 0.772. The third kappa shape index (κ3) is 4.82. The molecule has 0 fully saturated rings. The smallest absolute Gasteiger partial charge is 0.349 e. The van der Waals surface area contributed by atoms with Crippen molar-refractivity contribution in [3.05, 3.63) is 16.3 Å². The van der Waals surface area contributed by atoms with Gasteiger partial charge in [-0.25, -0.2) is 17.9 Å². The molecule has 21 heavy (non-hydrogen) atoms. The number of hydrogen-bond acceptors (Lipinski definition) is 6. The van der Waals surface area contributed by atoms with E-state index in [-0.39, 0.29) is 22.1 Å². The Bertz CT molecular complexity index is 606. The summed E-state index contributed by atoms with van der Waals surface area (Å²) in [6.45, 7) is 3.89. The van der Waals surface area contributed by atoms with E-state index in [1.807, 2.05) is 18.6 Å². The first-order chi connectivity index (χ1) is 9.81. The fourth-order valence-corrected chi connectivity index (χ4v) is 4.24. The Kier molecular flexibility index (Phi) is 6.35. The van der Waals surface area contributed by atoms with Crippen LogP contribution in [0.2, 0.25) is 0 Å². The monoisotopic (exact) mass is 333 g/mol. The molecule has 1 aromatic rings. The van der Waals surface area contributed by atoms with Crippen LogP contribution in [0.1, 0.15) is 42.8 Å². The molecular weight excluding hydrogens is 314 g/mol. The van der Waals surface area contributed by atoms with Gasteiger partial charge in [0.1, 0.15) is 9.77 Å². The van der Waals surface area contributed by atoms with E-state index in [2.05, 4.69) is 4.74 Å². The van der Waals surface area contributed by atoms with E-state index in [4.69, 9.17) is 0 Å². The van der Waals surface area contributed by atoms with Gasteiger partial charge in [0.15, 0.2) is 0 Å². The summed E-state index contributed by atoms with van der Waals surface area (Å²) in [7, 11) is -2.88. The molecule has 0 aliphatic rings. The third-order valence-electron chi connectivity index (χ3n) is 2.85. The van der Waals surface area contributed by atoms with Crippen molar-refractivity contribution in [1.82, 2.24) is 4.72 Å². The molecule has 1 aromatic heterocycles. The molecule has 0 saturated carbocycles. The Morgan fingerprint density at radius 1 is 1.43 bits per heavy atom. The number of hydrogen-bond donors (Lipinski definition) is 1. The maximum absolute atomic E-state index is 12.2. The van der Waals surface area contributed by atoms with Gasteiger partial charge in [-0.2, -0.15) is 0 Å². The first kappa shape index (κ1) is 17.6. The Morgan fingerprint density at radius 2 is 2.10 bits per heavy atom. The minimum Gasteiger partial charge on any atom is -0.465 e. The molecule has 1 N–H and O–H groups in total. The maximum Gasteiger partial charge on any atom is 0.349 e. The number of amides is 1. The van der Waals surface area contributed by atoms with Crippen molar-refractivity contribution in [2.45, 2.75) is 38.0 Å². The molecule has 118 valence electrons. The summed E-state index contributed by atoms with van der Waals surface area (Å²) in [6.07, 6.45) is 1.91. The van der Waals surface area contributed by atoms with Crippen molar-refractivity contribution < 1.29 is 22.7 Å². The lowest BCUT2D eigenvalue weighted by Crippen LogP contribution is -2.32. The third-order valence-corrected chi connectivity index (χ3v) is 5.29. The Labute approximate surface area is 128 Å². The molecule has 1 heterocycles. The number of nitrogens with one attached hydrogen (secondary N) is 1. The molecule has 1 amide bonds. The van der Waals surface area contributed by atoms with Crippen LogP contribution < -0.4 is 4.72 Å². The Hall–Kier alpha value is -1.41. The lowest BCUT2D eigenvalue weighted by molar-refractivity contribution is -0.120. The van der Waals surface area contributed by atoms with E-state index >= 15 is 0 Å². The van der Waals surface area contributed by atoms with E-state index < -0.39 is 21.9 Å². The van der Waals surface area contributed by atoms with Crippen molar-refractivity contribution in [3.8, 4) is 0 Å². The van der Waals surface area contributed by atoms with Crippen LogP contribution in [0.25, 0.3) is 0 Å². The number of methoxy groups -OCH3 is 1. The van der Waals surface area contributed by atoms with E-state index in [0.29, 0.717) is 0 Å². The first-order valence-electron chi connectivity index (χ1n) is 6.53. The van der Waals surface area contributed by atoms with Gasteiger partial charge in [0.2, 0.25) is 5.91 Å². The molecule has 0 unspecified atom stereocenters. The van der Waals surface area contributed by atoms with E-state index in [9.17, 15) is 18.0 Å². The largest absolute Gasteiger partial charge is 0.465 e. The highest BCUT2D eigenvalue weighted by atomic mass is 32.2. The number of carbonyl (C=O) groups is 2. The van der Waals surface area contributed by atoms with E-state index in [1.165, 1.54) is 18.6 Å². The van der Waals surface area contributed by atoms with Crippen LogP contribution >= 0.6 is 11.3 Å². The van der Waals surface area contributed by atoms with Gasteiger partial charge in [0.05, 0.1) is 7.11 Å². The topological polar surface area (TPSA) is 89.5 Å². The molecule has 0 aliphatic carbocycles. The summed E-state index contributed by atoms with van der Waals surface area (Å²) in [5.74, 6) is -1.21. The summed E-state index contributed by atoms with van der Waals surface area (Å²) in [4.78, 5) is 23.0. The summed E-state index contributed by atoms with van der Waals surface area (Å²) in [5.41, 5.74) is 0. The zero-order valence-corrected chi connectivity index (χ0v) is 13.8. The lowest BCUT2D eigenvalue weighted by atomic mass is 10.0. The number of sulfonamides is 1. The predicted octanol–water partition coefficient (Wildman–Crippen LogP) is 2.17. The fraction of sp³-hybridized carbons (Fsp3) is 0.538. The summed E-state index contributed by atoms with van der Waals surface area (Å²) < 4.78 is 30.8. The second-order valence-corrected chi connectivity index (χ2v) is 7.30. The number of rotatable bonds is 7. The summed E-state index contributed by atoms with van der Waals surface area (Å²) >= 11 is 0.953. The first-order valence-corrected chi connectivity index (χ1v) is 8.89. The molecule has 0 bridgehead atoms. The van der Waals surface area contributed by atoms with Crippen molar-refractivity contribution in [3.63, 3.8) is 0 Å². The Balaban J connectivity index is 2.85. The highest BCUT2D eigenvalue weighted by Crippen LogP contribution is 2.23. The van der Waals surface area contributed by atoms with Crippen LogP contribution in [-0.2, 0) is 19.6 Å². The Morgan fingerprint density at radius 3 is 2.67 bits per heavy atom. The van der Waals surface area contributed by atoms with Gasteiger partial charge in [-0.3, -0.25) is 4.79 Å². The molecule has 0 saturated heterocycles. The standard InChI is InChI=1S/C13H19NO5S2/c1-4-5-9(2)8-11(15)14-21(17,18)10-6-7-20-12(10)13(16)19-3/h6-7,9H,4-5,8H2,1-3H3,(H,14,15)/t9-/m1/s1. The van der Waals surface area contributed by atoms with Crippen molar-refractivity contribution in [2.75, 3.05) is 7.11 Å². The van der Waals surface area contributed by atoms with Gasteiger partial charge < -0.3 is 4.74 Å². The van der Waals surface area contributed by atoms with Gasteiger partial charge in [-0.1, -0.05) is 26.7 Å². The van der Waals surface area contributed by atoms with Crippen molar-refractivity contribution in [1.29, 1.82) is 0 Å². The number of thiophene rings is 1. The molecule has 0 radical (unpaired) electrons. The highest BCUT2D eigenvalue weighted by molar-refractivity contribution is 7.90. The molecular formula is C13H19NO5S2. The molecule has 0 aliphatic heterocycles. The van der Waals surface area contributed by atoms with Crippen LogP contribution in [0, 0.1) is 5.92 Å². The van der Waals surface area contributed by atoms with Gasteiger partial charge in [0, 0.05) is 6.42 Å². The van der Waals surface area contributed by atoms with Gasteiger partial charge in [0.25, 0.3) is 10.0 Å². The average Bonchev–Trinajstić information content (AvgIpc) is 2.87. The van der Waals surface area contributed by atoms with Crippen LogP contribution in [0.15, 0.2) is 16.3 Å². The highest BCUT2D eigenvalue weighted by Gasteiger charge is 2.26. The second kappa shape index (κ2) is 7.56. The molecule has 1 rings (SSSR count). The lowest BCUT2D eigenvalue weighted by Gasteiger charge is -2.11. The predicted molar refractivity (Wildman–Crippen MR) is 79.7 cm³/mol. The van der Waals surface area contributed by atoms with Crippen LogP contribution in [0.3, 0.4) is 0 Å². The summed E-state index contributed by atoms with van der Waals surface area (Å²) in [6, 6.07) is 1.28. The number of esters is 1. The van der Waals surface area contributed by atoms with Gasteiger partial charge >= 0.3 is 5.97 Å². The fourth-order valence-electron chi connectivity index (χ4n) is 1.91. The minimum atomic E-state index is -4.05. The van der Waals surface area contributed by atoms with E-state index in [1.54, 1.807) is 0 Å². The minimum absolute atomic E-state index is 0.0422. The van der Waals surface area contributed by atoms with Crippen LogP contribution in [0.5, 0.6) is 0 Å². The summed E-state index contributed by atoms with van der Waals surface area (Å²) in [5, 5.41) is 1.46. The zero-order valence-electron chi connectivity index (χ0n) is 12.2. The second-order valence-electron chi connectivity index (χ2n) is 4.73.